The van der Waals surface area contributed by atoms with Crippen molar-refractivity contribution in [1.82, 2.24) is 0 Å². The average molecular weight is 442 g/mol. The number of hydrogen-bond acceptors (Lipinski definition) is 6. The fraction of sp³-hybridized carbons (Fsp3) is 0.455. The quantitative estimate of drug-likeness (QED) is 0.658. The molecule has 1 aliphatic carbocycles. The summed E-state index contributed by atoms with van der Waals surface area (Å²) in [6.07, 6.45) is -3.48. The lowest BCUT2D eigenvalue weighted by Gasteiger charge is -2.36. The number of hydrogen-bond donors (Lipinski definition) is 2. The van der Waals surface area contributed by atoms with Crippen molar-refractivity contribution in [2.45, 2.75) is 56.3 Å². The molecule has 0 aromatic heterocycles. The predicted molar refractivity (Wildman–Crippen MR) is 105 cm³/mol. The van der Waals surface area contributed by atoms with Gasteiger partial charge in [0.25, 0.3) is 5.60 Å². The zero-order chi connectivity index (χ0) is 23.7. The van der Waals surface area contributed by atoms with E-state index in [2.05, 4.69) is 0 Å². The van der Waals surface area contributed by atoms with E-state index >= 15 is 0 Å². The second-order valence-corrected chi connectivity index (χ2v) is 8.12. The molecule has 0 amide bonds. The Morgan fingerprint density at radius 2 is 1.81 bits per heavy atom. The van der Waals surface area contributed by atoms with E-state index in [1.807, 2.05) is 0 Å². The number of aliphatic hydroxyl groups is 2. The van der Waals surface area contributed by atoms with Crippen LogP contribution in [0.25, 0.3) is 0 Å². The Balaban J connectivity index is 2.50. The van der Waals surface area contributed by atoms with E-state index < -0.39 is 52.8 Å². The monoisotopic (exact) mass is 442 g/mol. The van der Waals surface area contributed by atoms with Gasteiger partial charge in [-0.05, 0) is 32.4 Å². The summed E-state index contributed by atoms with van der Waals surface area (Å²) in [6.45, 7) is 4.06. The summed E-state index contributed by atoms with van der Waals surface area (Å²) in [5, 5.41) is 20.2. The highest BCUT2D eigenvalue weighted by atomic mass is 19.4. The van der Waals surface area contributed by atoms with Gasteiger partial charge in [0, 0.05) is 19.1 Å². The van der Waals surface area contributed by atoms with E-state index in [-0.39, 0.29) is 5.57 Å². The first-order valence-corrected chi connectivity index (χ1v) is 9.42. The Labute approximate surface area is 178 Å². The molecule has 0 radical (unpaired) electrons. The van der Waals surface area contributed by atoms with Crippen LogP contribution < -0.4 is 0 Å². The molecule has 170 valence electrons. The second-order valence-electron chi connectivity index (χ2n) is 8.12. The fourth-order valence-electron chi connectivity index (χ4n) is 3.14. The molecule has 3 atom stereocenters. The van der Waals surface area contributed by atoms with Crippen LogP contribution in [0.5, 0.6) is 0 Å². The van der Waals surface area contributed by atoms with E-state index in [9.17, 15) is 33.0 Å². The lowest BCUT2D eigenvalue weighted by molar-refractivity contribution is -0.278. The smallest absolute Gasteiger partial charge is 0.432 e. The molecule has 9 heteroatoms. The van der Waals surface area contributed by atoms with E-state index in [1.54, 1.807) is 0 Å². The third-order valence-electron chi connectivity index (χ3n) is 4.89. The number of esters is 1. The average Bonchev–Trinajstić information content (AvgIpc) is 2.63. The van der Waals surface area contributed by atoms with Gasteiger partial charge in [0.05, 0.1) is 5.60 Å². The molecule has 2 N–H and O–H groups in total. The number of carbonyl (C=O) groups is 2. The minimum absolute atomic E-state index is 0.0345. The van der Waals surface area contributed by atoms with E-state index in [1.165, 1.54) is 51.1 Å². The van der Waals surface area contributed by atoms with Crippen molar-refractivity contribution in [2.75, 3.05) is 7.11 Å². The lowest BCUT2D eigenvalue weighted by Crippen LogP contribution is -2.53. The number of rotatable bonds is 6. The summed E-state index contributed by atoms with van der Waals surface area (Å²) in [5.41, 5.74) is -7.10. The van der Waals surface area contributed by atoms with E-state index in [0.717, 1.165) is 25.3 Å². The summed E-state index contributed by atoms with van der Waals surface area (Å²) in [4.78, 5) is 25.1. The van der Waals surface area contributed by atoms with Crippen LogP contribution in [0.4, 0.5) is 13.2 Å². The van der Waals surface area contributed by atoms with Crippen LogP contribution in [0.1, 0.15) is 32.8 Å². The Bertz CT molecular complexity index is 881. The highest BCUT2D eigenvalue weighted by Crippen LogP contribution is 2.44. The molecular formula is C22H25F3O6. The van der Waals surface area contributed by atoms with Gasteiger partial charge in [-0.15, -0.1) is 0 Å². The van der Waals surface area contributed by atoms with Crippen molar-refractivity contribution in [1.29, 1.82) is 0 Å². The summed E-state index contributed by atoms with van der Waals surface area (Å²) in [6, 6.07) is 6.30. The van der Waals surface area contributed by atoms with Crippen molar-refractivity contribution >= 4 is 11.8 Å². The van der Waals surface area contributed by atoms with Gasteiger partial charge in [-0.3, -0.25) is 4.79 Å². The van der Waals surface area contributed by atoms with Crippen LogP contribution in [0.3, 0.4) is 0 Å². The first kappa shape index (κ1) is 24.8. The maximum atomic E-state index is 14.1. The van der Waals surface area contributed by atoms with Crippen LogP contribution in [0.2, 0.25) is 0 Å². The zero-order valence-corrected chi connectivity index (χ0v) is 17.6. The summed E-state index contributed by atoms with van der Waals surface area (Å²) < 4.78 is 52.2. The number of carbonyl (C=O) groups excluding carboxylic acids is 2. The topological polar surface area (TPSA) is 93.1 Å². The Morgan fingerprint density at radius 1 is 1.23 bits per heavy atom. The zero-order valence-electron chi connectivity index (χ0n) is 17.6. The van der Waals surface area contributed by atoms with E-state index in [0.29, 0.717) is 0 Å². The molecule has 2 rings (SSSR count). The standard InChI is InChI=1S/C22H25F3O6/c1-19(2,28)11-10-14-12-17(26)20(3,29)13-16(14)31-18(27)21(30-4,22(23,24)25)15-8-6-5-7-9-15/h5-12,16,28-29H,13H2,1-4H3/b11-10+/t16-,20+,21+/m0/s1. The molecule has 1 aromatic carbocycles. The highest BCUT2D eigenvalue weighted by molar-refractivity contribution is 5.99. The molecule has 31 heavy (non-hydrogen) atoms. The van der Waals surface area contributed by atoms with Crippen LogP contribution in [0, 0.1) is 0 Å². The van der Waals surface area contributed by atoms with Crippen molar-refractivity contribution < 1.29 is 42.4 Å². The first-order valence-electron chi connectivity index (χ1n) is 9.42. The number of halogens is 3. The Hall–Kier alpha value is -2.49. The summed E-state index contributed by atoms with van der Waals surface area (Å²) in [5.74, 6) is -2.45. The number of alkyl halides is 3. The van der Waals surface area contributed by atoms with Gasteiger partial charge >= 0.3 is 12.1 Å². The van der Waals surface area contributed by atoms with Crippen molar-refractivity contribution in [3.63, 3.8) is 0 Å². The molecule has 0 spiro atoms. The van der Waals surface area contributed by atoms with Crippen molar-refractivity contribution in [3.8, 4) is 0 Å². The molecule has 6 nitrogen and oxygen atoms in total. The SMILES string of the molecule is CO[C@@](C(=O)O[C@H]1C[C@@](C)(O)C(=O)C=C1/C=C/C(C)(C)O)(c1ccccc1)C(F)(F)F. The van der Waals surface area contributed by atoms with Crippen LogP contribution in [-0.2, 0) is 24.7 Å². The third kappa shape index (κ3) is 5.23. The van der Waals surface area contributed by atoms with Gasteiger partial charge in [0.2, 0.25) is 0 Å². The fourth-order valence-corrected chi connectivity index (χ4v) is 3.14. The molecule has 0 heterocycles. The first-order chi connectivity index (χ1) is 14.1. The van der Waals surface area contributed by atoms with Crippen molar-refractivity contribution in [2.24, 2.45) is 0 Å². The second kappa shape index (κ2) is 8.57. The van der Waals surface area contributed by atoms with E-state index in [4.69, 9.17) is 9.47 Å². The third-order valence-corrected chi connectivity index (χ3v) is 4.89. The molecule has 0 aliphatic heterocycles. The van der Waals surface area contributed by atoms with Gasteiger partial charge in [0.15, 0.2) is 5.78 Å². The molecule has 0 saturated heterocycles. The predicted octanol–water partition coefficient (Wildman–Crippen LogP) is 2.98. The van der Waals surface area contributed by atoms with Crippen LogP contribution in [0.15, 0.2) is 54.1 Å². The summed E-state index contributed by atoms with van der Waals surface area (Å²) in [7, 11) is 0.743. The normalized spacial score (nSPS) is 24.6. The Kier molecular flexibility index (Phi) is 6.85. The molecular weight excluding hydrogens is 417 g/mol. The number of ketones is 1. The minimum atomic E-state index is -5.17. The number of ether oxygens (including phenoxy) is 2. The largest absolute Gasteiger partial charge is 0.455 e. The van der Waals surface area contributed by atoms with Gasteiger partial charge in [-0.1, -0.05) is 42.5 Å². The Morgan fingerprint density at radius 3 is 2.29 bits per heavy atom. The van der Waals surface area contributed by atoms with Crippen LogP contribution in [-0.4, -0.2) is 52.6 Å². The maximum Gasteiger partial charge on any atom is 0.432 e. The van der Waals surface area contributed by atoms with Gasteiger partial charge in [-0.2, -0.15) is 13.2 Å². The van der Waals surface area contributed by atoms with Gasteiger partial charge in [-0.25, -0.2) is 4.79 Å². The molecule has 0 unspecified atom stereocenters. The number of benzene rings is 1. The maximum absolute atomic E-state index is 14.1. The van der Waals surface area contributed by atoms with Crippen LogP contribution >= 0.6 is 0 Å². The number of methoxy groups -OCH3 is 1. The lowest BCUT2D eigenvalue weighted by atomic mass is 9.83. The van der Waals surface area contributed by atoms with Gasteiger partial charge in [0.1, 0.15) is 11.7 Å². The molecule has 0 bridgehead atoms. The summed E-state index contributed by atoms with van der Waals surface area (Å²) >= 11 is 0. The van der Waals surface area contributed by atoms with Gasteiger partial charge < -0.3 is 19.7 Å². The minimum Gasteiger partial charge on any atom is -0.455 e. The van der Waals surface area contributed by atoms with Crippen molar-refractivity contribution in [3.05, 3.63) is 59.7 Å². The highest BCUT2D eigenvalue weighted by Gasteiger charge is 2.64. The molecule has 0 saturated carbocycles. The molecule has 1 aliphatic rings. The molecule has 0 fully saturated rings. The molecule has 1 aromatic rings.